The summed E-state index contributed by atoms with van der Waals surface area (Å²) in [5.74, 6) is 0. The lowest BCUT2D eigenvalue weighted by atomic mass is 10.8. The van der Waals surface area contributed by atoms with Crippen LogP contribution in [0, 0.1) is 0 Å². The van der Waals surface area contributed by atoms with E-state index in [2.05, 4.69) is 118 Å². The highest BCUT2D eigenvalue weighted by atomic mass is 31.2. The minimum absolute atomic E-state index is 0.701. The fraction of sp³-hybridized carbons (Fsp3) is 1.00. The Morgan fingerprint density at radius 1 is 0.353 bits per heavy atom. The zero-order valence-electron chi connectivity index (χ0n) is 26.5. The van der Waals surface area contributed by atoms with Crippen molar-refractivity contribution in [1.82, 2.24) is 0 Å². The molecule has 3 nitrogen and oxygen atoms in total. The van der Waals surface area contributed by atoms with Crippen molar-refractivity contribution in [1.29, 1.82) is 0 Å². The number of hydrogen-bond acceptors (Lipinski definition) is 3. The maximum absolute atomic E-state index is 6.66. The average molecular weight is 599 g/mol. The van der Waals surface area contributed by atoms with E-state index in [0.717, 1.165) is 19.8 Å². The first-order valence-corrected chi connectivity index (χ1v) is 35.9. The van der Waals surface area contributed by atoms with E-state index in [-0.39, 0.29) is 0 Å². The summed E-state index contributed by atoms with van der Waals surface area (Å²) in [5.41, 5.74) is 0. The van der Waals surface area contributed by atoms with Crippen LogP contribution < -0.4 is 0 Å². The van der Waals surface area contributed by atoms with Crippen molar-refractivity contribution in [2.45, 2.75) is 133 Å². The molecular formula is C24H63O3PSi6. The van der Waals surface area contributed by atoms with Gasteiger partial charge in [-0.2, -0.15) is 0 Å². The molecule has 0 aromatic carbocycles. The van der Waals surface area contributed by atoms with Crippen LogP contribution in [0.15, 0.2) is 0 Å². The van der Waals surface area contributed by atoms with Gasteiger partial charge in [-0.1, -0.05) is 118 Å². The second-order valence-corrected chi connectivity index (χ2v) is 52.5. The molecule has 0 saturated heterocycles. The molecule has 0 radical (unpaired) electrons. The van der Waals surface area contributed by atoms with E-state index in [1.807, 2.05) is 0 Å². The zero-order valence-corrected chi connectivity index (χ0v) is 33.4. The Morgan fingerprint density at radius 3 is 0.618 bits per heavy atom. The number of rotatable bonds is 15. The molecule has 0 heterocycles. The van der Waals surface area contributed by atoms with E-state index in [4.69, 9.17) is 13.6 Å². The highest BCUT2D eigenvalue weighted by Gasteiger charge is 2.42. The predicted octanol–water partition coefficient (Wildman–Crippen LogP) is 10.0. The third-order valence-electron chi connectivity index (χ3n) is 7.31. The van der Waals surface area contributed by atoms with Gasteiger partial charge in [-0.15, -0.1) is 0 Å². The van der Waals surface area contributed by atoms with Gasteiger partial charge in [0, 0.05) is 48.4 Å². The van der Waals surface area contributed by atoms with Gasteiger partial charge < -0.3 is 13.6 Å². The van der Waals surface area contributed by atoms with Gasteiger partial charge in [-0.3, -0.25) is 0 Å². The molecule has 10 heteroatoms. The highest BCUT2D eigenvalue weighted by molar-refractivity contribution is 7.41. The molecule has 0 aromatic heterocycles. The molecule has 0 aromatic rings. The summed E-state index contributed by atoms with van der Waals surface area (Å²) in [7, 11) is -9.32. The van der Waals surface area contributed by atoms with Crippen LogP contribution in [0.25, 0.3) is 0 Å². The number of hydrogen-bond donors (Lipinski definition) is 0. The third-order valence-corrected chi connectivity index (χ3v) is 37.5. The molecule has 0 aliphatic rings. The maximum atomic E-state index is 6.66. The van der Waals surface area contributed by atoms with E-state index in [1.54, 1.807) is 0 Å². The molecule has 0 amide bonds. The average Bonchev–Trinajstić information content (AvgIpc) is 2.46. The first-order chi connectivity index (χ1) is 14.7. The van der Waals surface area contributed by atoms with Crippen LogP contribution >= 0.6 is 8.60 Å². The lowest BCUT2D eigenvalue weighted by molar-refractivity contribution is 0.167. The SMILES string of the molecule is C[Si](C)(C)C(COP(OCC([Si](C)(C)C)[Si](C)(C)C)OCC([Si](C)(C)C)[Si](C)(C)C)[Si](C)(C)C. The minimum atomic E-state index is -1.33. The van der Waals surface area contributed by atoms with Crippen LogP contribution in [-0.4, -0.2) is 68.3 Å². The Balaban J connectivity index is 5.79. The van der Waals surface area contributed by atoms with Crippen molar-refractivity contribution >= 4 is 57.0 Å². The summed E-state index contributed by atoms with van der Waals surface area (Å²) in [6.45, 7) is 47.5. The van der Waals surface area contributed by atoms with Crippen LogP contribution in [0.4, 0.5) is 0 Å². The smallest absolute Gasteiger partial charge is 0.313 e. The predicted molar refractivity (Wildman–Crippen MR) is 176 cm³/mol. The Bertz CT molecular complexity index is 480. The second kappa shape index (κ2) is 12.6. The summed E-state index contributed by atoms with van der Waals surface area (Å²) < 4.78 is 20.0. The van der Waals surface area contributed by atoms with Crippen molar-refractivity contribution in [3.63, 3.8) is 0 Å². The third kappa shape index (κ3) is 12.9. The summed E-state index contributed by atoms with van der Waals surface area (Å²) in [5, 5.41) is 2.10. The lowest BCUT2D eigenvalue weighted by Gasteiger charge is -2.41. The molecule has 0 spiro atoms. The van der Waals surface area contributed by atoms with Crippen LogP contribution in [0.2, 0.25) is 133 Å². The van der Waals surface area contributed by atoms with Crippen molar-refractivity contribution in [2.75, 3.05) is 19.8 Å². The summed E-state index contributed by atoms with van der Waals surface area (Å²) >= 11 is 0. The van der Waals surface area contributed by atoms with Gasteiger partial charge in [0.15, 0.2) is 0 Å². The van der Waals surface area contributed by atoms with Gasteiger partial charge in [0.05, 0.1) is 19.8 Å². The molecule has 34 heavy (non-hydrogen) atoms. The Labute approximate surface area is 223 Å². The summed E-state index contributed by atoms with van der Waals surface area (Å²) in [4.78, 5) is 0. The highest BCUT2D eigenvalue weighted by Crippen LogP contribution is 2.47. The van der Waals surface area contributed by atoms with Crippen LogP contribution in [0.3, 0.4) is 0 Å². The molecule has 206 valence electrons. The van der Waals surface area contributed by atoms with E-state index in [1.165, 1.54) is 0 Å². The first kappa shape index (κ1) is 35.6. The Kier molecular flexibility index (Phi) is 13.2. The maximum Gasteiger partial charge on any atom is 0.332 e. The summed E-state index contributed by atoms with van der Waals surface area (Å²) in [6.07, 6.45) is 0. The fourth-order valence-corrected chi connectivity index (χ4v) is 42.5. The molecule has 0 atom stereocenters. The van der Waals surface area contributed by atoms with Crippen LogP contribution in [-0.2, 0) is 13.6 Å². The fourth-order valence-electron chi connectivity index (χ4n) is 5.92. The molecule has 0 saturated carbocycles. The van der Waals surface area contributed by atoms with E-state index in [0.29, 0.717) is 15.5 Å². The van der Waals surface area contributed by atoms with Crippen molar-refractivity contribution in [2.24, 2.45) is 0 Å². The molecule has 0 bridgehead atoms. The van der Waals surface area contributed by atoms with E-state index in [9.17, 15) is 0 Å². The monoisotopic (exact) mass is 598 g/mol. The van der Waals surface area contributed by atoms with Gasteiger partial charge in [0.2, 0.25) is 0 Å². The van der Waals surface area contributed by atoms with Gasteiger partial charge in [0.1, 0.15) is 0 Å². The topological polar surface area (TPSA) is 27.7 Å². The quantitative estimate of drug-likeness (QED) is 0.139. The Morgan fingerprint density at radius 2 is 0.500 bits per heavy atom. The molecule has 0 fully saturated rings. The van der Waals surface area contributed by atoms with Crippen molar-refractivity contribution in [3.8, 4) is 0 Å². The van der Waals surface area contributed by atoms with Crippen molar-refractivity contribution in [3.05, 3.63) is 0 Å². The van der Waals surface area contributed by atoms with Gasteiger partial charge in [-0.25, -0.2) is 0 Å². The van der Waals surface area contributed by atoms with E-state index < -0.39 is 57.0 Å². The largest absolute Gasteiger partial charge is 0.332 e. The Hall–Kier alpha value is 1.61. The van der Waals surface area contributed by atoms with E-state index >= 15 is 0 Å². The standard InChI is InChI=1S/C24H63O3PSi6/c1-29(2,3)22(30(4,5)6)19-25-28(26-20-23(31(7,8)9)32(10,11)12)27-21-24(33(13,14)15)34(16,17)18/h22-24H,19-21H2,1-18H3. The summed E-state index contributed by atoms with van der Waals surface area (Å²) in [6, 6.07) is 0. The molecule has 0 aliphatic carbocycles. The molecule has 0 rings (SSSR count). The van der Waals surface area contributed by atoms with Gasteiger partial charge >= 0.3 is 8.60 Å². The molecular weight excluding hydrogens is 536 g/mol. The van der Waals surface area contributed by atoms with Crippen LogP contribution in [0.1, 0.15) is 0 Å². The first-order valence-electron chi connectivity index (χ1n) is 13.4. The second-order valence-electron chi connectivity index (χ2n) is 17.0. The molecule has 0 unspecified atom stereocenters. The molecule has 0 aliphatic heterocycles. The van der Waals surface area contributed by atoms with Gasteiger partial charge in [0.25, 0.3) is 0 Å². The van der Waals surface area contributed by atoms with Gasteiger partial charge in [-0.05, 0) is 15.5 Å². The van der Waals surface area contributed by atoms with Crippen molar-refractivity contribution < 1.29 is 13.6 Å². The zero-order chi connectivity index (χ0) is 27.6. The van der Waals surface area contributed by atoms with Crippen LogP contribution in [0.5, 0.6) is 0 Å². The molecule has 0 N–H and O–H groups in total. The normalized spacial score (nSPS) is 15.4. The lowest BCUT2D eigenvalue weighted by Crippen LogP contribution is -2.47. The minimum Gasteiger partial charge on any atom is -0.313 e.